The number of rotatable bonds is 0. The van der Waals surface area contributed by atoms with Crippen LogP contribution < -0.4 is 0 Å². The molecule has 4 heteroatoms. The zero-order chi connectivity index (χ0) is 2.00. The SMILES string of the molecule is [LiH].[O]=[Ti].[SrH2]. The molecule has 0 aromatic carbocycles. The van der Waals surface area contributed by atoms with Gasteiger partial charge < -0.3 is 0 Å². The molecule has 1 nitrogen and oxygen atoms in total. The molecule has 0 fully saturated rings. The maximum absolute atomic E-state index is 8.25. The monoisotopic (exact) mass is 162 g/mol. The topological polar surface area (TPSA) is 17.1 Å². The molecule has 0 saturated carbocycles. The van der Waals surface area contributed by atoms with Crippen molar-refractivity contribution in [1.82, 2.24) is 0 Å². The van der Waals surface area contributed by atoms with E-state index in [-0.39, 0.29) is 64.3 Å². The first-order chi connectivity index (χ1) is 1.00. The molecular formula is H3LiOSrTi. The maximum atomic E-state index is 8.25. The summed E-state index contributed by atoms with van der Waals surface area (Å²) in [5, 5.41) is 0. The molecule has 0 rings (SSSR count). The van der Waals surface area contributed by atoms with Crippen LogP contribution in [0.2, 0.25) is 0 Å². The summed E-state index contributed by atoms with van der Waals surface area (Å²) in [4.78, 5) is 0. The predicted octanol–water partition coefficient (Wildman–Crippen LogP) is -1.69. The second kappa shape index (κ2) is 17.6. The van der Waals surface area contributed by atoms with Crippen LogP contribution in [0, 0.1) is 0 Å². The van der Waals surface area contributed by atoms with Gasteiger partial charge in [0.2, 0.25) is 0 Å². The van der Waals surface area contributed by atoms with Crippen LogP contribution in [0.3, 0.4) is 0 Å². The van der Waals surface area contributed by atoms with E-state index in [0.717, 1.165) is 20.4 Å². The molecule has 0 spiro atoms. The zero-order valence-electron chi connectivity index (χ0n) is 0.908. The molecule has 0 aliphatic heterocycles. The first-order valence-electron chi connectivity index (χ1n) is 0.204. The quantitative estimate of drug-likeness (QED) is 0.388. The molecule has 0 heterocycles. The van der Waals surface area contributed by atoms with Gasteiger partial charge in [-0.15, -0.1) is 0 Å². The first kappa shape index (κ1) is 16.0. The van der Waals surface area contributed by atoms with Gasteiger partial charge >= 0.3 is 88.1 Å². The van der Waals surface area contributed by atoms with E-state index in [0.29, 0.717) is 0 Å². The Balaban J connectivity index is -0.00000000500. The fourth-order valence-electron chi connectivity index (χ4n) is 0. The summed E-state index contributed by atoms with van der Waals surface area (Å²) in [6, 6.07) is 0. The molecule has 0 aromatic rings. The summed E-state index contributed by atoms with van der Waals surface area (Å²) in [5.74, 6) is 0. The molecule has 0 bridgehead atoms. The summed E-state index contributed by atoms with van der Waals surface area (Å²) in [6.45, 7) is 0. The Kier molecular flexibility index (Phi) is 70.1. The van der Waals surface area contributed by atoms with Crippen molar-refractivity contribution in [1.29, 1.82) is 0 Å². The van der Waals surface area contributed by atoms with Gasteiger partial charge in [-0.1, -0.05) is 0 Å². The summed E-state index contributed by atoms with van der Waals surface area (Å²) < 4.78 is 8.25. The molecule has 16 valence electrons. The summed E-state index contributed by atoms with van der Waals surface area (Å²) in [6.07, 6.45) is 0. The van der Waals surface area contributed by atoms with Crippen LogP contribution in [0.5, 0.6) is 0 Å². The molecular weight excluding hydrogens is 158 g/mol. The van der Waals surface area contributed by atoms with Crippen molar-refractivity contribution >= 4 is 64.3 Å². The zero-order valence-corrected chi connectivity index (χ0v) is 2.47. The van der Waals surface area contributed by atoms with Gasteiger partial charge in [-0.3, -0.25) is 0 Å². The van der Waals surface area contributed by atoms with Crippen LogP contribution in [0.1, 0.15) is 0 Å². The van der Waals surface area contributed by atoms with Crippen molar-refractivity contribution in [2.75, 3.05) is 0 Å². The fraction of sp³-hybridized carbons (Fsp3) is 0. The van der Waals surface area contributed by atoms with E-state index in [9.17, 15) is 0 Å². The molecule has 0 saturated heterocycles. The van der Waals surface area contributed by atoms with Crippen LogP contribution in [-0.4, -0.2) is 64.3 Å². The second-order valence-corrected chi connectivity index (χ2v) is 0. The Morgan fingerprint density at radius 1 is 1.25 bits per heavy atom. The molecule has 0 aromatic heterocycles. The second-order valence-electron chi connectivity index (χ2n) is 0. The van der Waals surface area contributed by atoms with Gasteiger partial charge in [0, 0.05) is 0 Å². The van der Waals surface area contributed by atoms with Crippen molar-refractivity contribution in [3.8, 4) is 0 Å². The summed E-state index contributed by atoms with van der Waals surface area (Å²) in [5.41, 5.74) is 0. The van der Waals surface area contributed by atoms with Gasteiger partial charge in [0.15, 0.2) is 0 Å². The van der Waals surface area contributed by atoms with E-state index < -0.39 is 0 Å². The molecule has 0 unspecified atom stereocenters. The molecule has 4 heavy (non-hydrogen) atoms. The van der Waals surface area contributed by atoms with Crippen molar-refractivity contribution in [2.45, 2.75) is 0 Å². The Labute approximate surface area is 86.1 Å². The molecule has 0 N–H and O–H groups in total. The van der Waals surface area contributed by atoms with E-state index in [4.69, 9.17) is 3.32 Å². The van der Waals surface area contributed by atoms with Gasteiger partial charge in [0.1, 0.15) is 0 Å². The van der Waals surface area contributed by atoms with Crippen LogP contribution >= 0.6 is 0 Å². The standard InChI is InChI=1S/Li.O.Sr.Ti.3H. The first-order valence-corrected chi connectivity index (χ1v) is 0.842. The van der Waals surface area contributed by atoms with Crippen LogP contribution in [-0.2, 0) is 23.7 Å². The van der Waals surface area contributed by atoms with Crippen LogP contribution in [0.15, 0.2) is 0 Å². The number of hydrogen-bond donors (Lipinski definition) is 0. The molecule has 0 aliphatic carbocycles. The van der Waals surface area contributed by atoms with Gasteiger partial charge in [0.05, 0.1) is 0 Å². The van der Waals surface area contributed by atoms with Crippen molar-refractivity contribution < 1.29 is 23.7 Å². The Hall–Kier alpha value is 2.59. The fourth-order valence-corrected chi connectivity index (χ4v) is 0. The normalized spacial score (nSPS) is 0.750. The molecule has 0 aliphatic rings. The van der Waals surface area contributed by atoms with Gasteiger partial charge in [0.25, 0.3) is 0 Å². The van der Waals surface area contributed by atoms with E-state index in [2.05, 4.69) is 0 Å². The minimum absolute atomic E-state index is 0. The van der Waals surface area contributed by atoms with Crippen LogP contribution in [0.4, 0.5) is 0 Å². The average Bonchev–Trinajstić information content (AvgIpc) is 1.00. The third kappa shape index (κ3) is 8.82. The van der Waals surface area contributed by atoms with Crippen molar-refractivity contribution in [3.05, 3.63) is 0 Å². The van der Waals surface area contributed by atoms with Gasteiger partial charge in [-0.25, -0.2) is 0 Å². The molecule has 0 atom stereocenters. The van der Waals surface area contributed by atoms with Crippen molar-refractivity contribution in [2.24, 2.45) is 0 Å². The van der Waals surface area contributed by atoms with E-state index in [1.807, 2.05) is 0 Å². The van der Waals surface area contributed by atoms with Gasteiger partial charge in [-0.05, 0) is 0 Å². The molecule has 0 amide bonds. The Bertz CT molecular complexity index is 8.00. The summed E-state index contributed by atoms with van der Waals surface area (Å²) in [7, 11) is 0. The third-order valence-electron chi connectivity index (χ3n) is 0. The third-order valence-corrected chi connectivity index (χ3v) is 0. The Morgan fingerprint density at radius 3 is 1.25 bits per heavy atom. The Morgan fingerprint density at radius 2 is 1.25 bits per heavy atom. The van der Waals surface area contributed by atoms with E-state index >= 15 is 0 Å². The van der Waals surface area contributed by atoms with Gasteiger partial charge in [-0.2, -0.15) is 0 Å². The van der Waals surface area contributed by atoms with Crippen LogP contribution in [0.25, 0.3) is 0 Å². The molecule has 0 radical (unpaired) electrons. The summed E-state index contributed by atoms with van der Waals surface area (Å²) >= 11 is 0.750. The average molecular weight is 161 g/mol. The van der Waals surface area contributed by atoms with Crippen molar-refractivity contribution in [3.63, 3.8) is 0 Å². The van der Waals surface area contributed by atoms with E-state index in [1.165, 1.54) is 0 Å². The minimum atomic E-state index is 0. The number of hydrogen-bond acceptors (Lipinski definition) is 1. The predicted molar refractivity (Wildman–Crippen MR) is 16.4 cm³/mol. The van der Waals surface area contributed by atoms with E-state index in [1.54, 1.807) is 0 Å².